The molecule has 5 heteroatoms. The Bertz CT molecular complexity index is 483. The lowest BCUT2D eigenvalue weighted by Gasteiger charge is -2.05. The zero-order chi connectivity index (χ0) is 11.7. The quantitative estimate of drug-likeness (QED) is 0.885. The van der Waals surface area contributed by atoms with Gasteiger partial charge >= 0.3 is 5.97 Å². The predicted octanol–water partition coefficient (Wildman–Crippen LogP) is 2.68. The van der Waals surface area contributed by atoms with E-state index in [2.05, 4.69) is 0 Å². The summed E-state index contributed by atoms with van der Waals surface area (Å²) in [5.74, 6) is -2.31. The van der Waals surface area contributed by atoms with Gasteiger partial charge in [-0.3, -0.25) is 4.79 Å². The molecule has 0 spiro atoms. The largest absolute Gasteiger partial charge is 0.481 e. The fourth-order valence-corrected chi connectivity index (χ4v) is 2.49. The Morgan fingerprint density at radius 3 is 2.88 bits per heavy atom. The van der Waals surface area contributed by atoms with Crippen molar-refractivity contribution >= 4 is 22.6 Å². The second-order valence-electron chi connectivity index (χ2n) is 3.38. The van der Waals surface area contributed by atoms with Crippen LogP contribution in [0.5, 0.6) is 0 Å². The number of carboxylic acids is 1. The molecule has 2 rings (SSSR count). The summed E-state index contributed by atoms with van der Waals surface area (Å²) >= 11 is 1.05. The van der Waals surface area contributed by atoms with Gasteiger partial charge in [0.25, 0.3) is 0 Å². The molecule has 0 saturated carbocycles. The van der Waals surface area contributed by atoms with Crippen molar-refractivity contribution in [2.75, 3.05) is 5.75 Å². The van der Waals surface area contributed by atoms with Crippen LogP contribution in [0.15, 0.2) is 18.2 Å². The van der Waals surface area contributed by atoms with Crippen LogP contribution in [0.25, 0.3) is 4.91 Å². The molecule has 0 radical (unpaired) electrons. The van der Waals surface area contributed by atoms with Gasteiger partial charge in [0.1, 0.15) is 11.6 Å². The summed E-state index contributed by atoms with van der Waals surface area (Å²) in [5, 5.41) is 8.53. The maximum atomic E-state index is 13.5. The van der Waals surface area contributed by atoms with Gasteiger partial charge < -0.3 is 5.11 Å². The number of benzene rings is 1. The maximum absolute atomic E-state index is 13.5. The monoisotopic (exact) mass is 242 g/mol. The van der Waals surface area contributed by atoms with Gasteiger partial charge in [-0.1, -0.05) is 6.08 Å². The average Bonchev–Trinajstić information content (AvgIpc) is 2.57. The first kappa shape index (κ1) is 11.1. The number of allylic oxidation sites excluding steroid dienone is 1. The number of thioether (sulfide) groups is 1. The van der Waals surface area contributed by atoms with Gasteiger partial charge in [0, 0.05) is 16.5 Å². The molecule has 2 nitrogen and oxygen atoms in total. The second-order valence-corrected chi connectivity index (χ2v) is 4.39. The Kier molecular flexibility index (Phi) is 2.96. The highest BCUT2D eigenvalue weighted by Gasteiger charge is 2.20. The number of fused-ring (bicyclic) bond motifs is 1. The third-order valence-electron chi connectivity index (χ3n) is 2.24. The maximum Gasteiger partial charge on any atom is 0.313 e. The Balaban J connectivity index is 2.27. The van der Waals surface area contributed by atoms with Crippen LogP contribution >= 0.6 is 11.8 Å². The van der Waals surface area contributed by atoms with E-state index < -0.39 is 17.6 Å². The first-order valence-corrected chi connectivity index (χ1v) is 5.59. The number of hydrogen-bond acceptors (Lipinski definition) is 2. The molecule has 1 aromatic rings. The van der Waals surface area contributed by atoms with Crippen LogP contribution in [0.2, 0.25) is 0 Å². The highest BCUT2D eigenvalue weighted by molar-refractivity contribution is 8.08. The predicted molar refractivity (Wildman–Crippen MR) is 58.1 cm³/mol. The molecule has 0 bridgehead atoms. The summed E-state index contributed by atoms with van der Waals surface area (Å²) in [6, 6.07) is 2.10. The Labute approximate surface area is 95.0 Å². The lowest BCUT2D eigenvalue weighted by atomic mass is 10.1. The Morgan fingerprint density at radius 1 is 1.44 bits per heavy atom. The third-order valence-corrected chi connectivity index (χ3v) is 3.31. The summed E-state index contributed by atoms with van der Waals surface area (Å²) in [5.41, 5.74) is 0.915. The van der Waals surface area contributed by atoms with Crippen molar-refractivity contribution in [3.8, 4) is 0 Å². The summed E-state index contributed by atoms with van der Waals surface area (Å²) in [6.07, 6.45) is 2.17. The number of rotatable bonds is 3. The molecule has 0 heterocycles. The van der Waals surface area contributed by atoms with E-state index in [1.165, 1.54) is 6.07 Å². The number of halogens is 2. The van der Waals surface area contributed by atoms with Crippen LogP contribution in [0.3, 0.4) is 0 Å². The number of hydrogen-bond donors (Lipinski definition) is 1. The van der Waals surface area contributed by atoms with E-state index in [9.17, 15) is 13.6 Å². The molecule has 1 aromatic carbocycles. The summed E-state index contributed by atoms with van der Waals surface area (Å²) in [7, 11) is 0. The molecule has 0 amide bonds. The number of aliphatic carboxylic acids is 1. The molecular formula is C11H8F2O2S. The van der Waals surface area contributed by atoms with Crippen LogP contribution in [0.1, 0.15) is 11.1 Å². The summed E-state index contributed by atoms with van der Waals surface area (Å²) in [4.78, 5) is 11.0. The van der Waals surface area contributed by atoms with Gasteiger partial charge in [-0.25, -0.2) is 8.78 Å². The van der Waals surface area contributed by atoms with Crippen molar-refractivity contribution in [3.05, 3.63) is 41.0 Å². The van der Waals surface area contributed by atoms with Crippen LogP contribution in [-0.2, 0) is 11.2 Å². The molecule has 1 N–H and O–H groups in total. The minimum atomic E-state index is -0.957. The molecular weight excluding hydrogens is 234 g/mol. The van der Waals surface area contributed by atoms with E-state index in [-0.39, 0.29) is 5.75 Å². The van der Waals surface area contributed by atoms with Crippen LogP contribution in [-0.4, -0.2) is 16.8 Å². The molecule has 0 saturated heterocycles. The molecule has 1 aliphatic rings. The normalized spacial score (nSPS) is 13.5. The van der Waals surface area contributed by atoms with E-state index >= 15 is 0 Å². The van der Waals surface area contributed by atoms with Crippen molar-refractivity contribution in [3.63, 3.8) is 0 Å². The molecule has 0 aliphatic heterocycles. The lowest BCUT2D eigenvalue weighted by molar-refractivity contribution is -0.133. The minimum Gasteiger partial charge on any atom is -0.481 e. The van der Waals surface area contributed by atoms with Crippen LogP contribution in [0.4, 0.5) is 8.78 Å². The molecule has 0 atom stereocenters. The summed E-state index contributed by atoms with van der Waals surface area (Å²) in [6.45, 7) is 0. The molecule has 84 valence electrons. The standard InChI is InChI=1S/C11H8F2O2S/c12-7-3-6-1-2-9(16-5-10(14)15)11(6)8(13)4-7/h2-4H,1,5H2,(H,14,15). The van der Waals surface area contributed by atoms with Crippen molar-refractivity contribution < 1.29 is 18.7 Å². The number of carboxylic acid groups (broad SMARTS) is 1. The average molecular weight is 242 g/mol. The zero-order valence-electron chi connectivity index (χ0n) is 8.17. The second kappa shape index (κ2) is 4.25. The van der Waals surface area contributed by atoms with Gasteiger partial charge in [-0.15, -0.1) is 11.8 Å². The highest BCUT2D eigenvalue weighted by Crippen LogP contribution is 2.37. The fraction of sp³-hybridized carbons (Fsp3) is 0.182. The lowest BCUT2D eigenvalue weighted by Crippen LogP contribution is -1.98. The van der Waals surface area contributed by atoms with E-state index in [1.807, 2.05) is 0 Å². The van der Waals surface area contributed by atoms with Gasteiger partial charge in [0.2, 0.25) is 0 Å². The molecule has 0 unspecified atom stereocenters. The SMILES string of the molecule is O=C(O)CSC1=CCc2cc(F)cc(F)c21. The fourth-order valence-electron chi connectivity index (χ4n) is 1.64. The Morgan fingerprint density at radius 2 is 2.19 bits per heavy atom. The van der Waals surface area contributed by atoms with Crippen molar-refractivity contribution in [2.45, 2.75) is 6.42 Å². The van der Waals surface area contributed by atoms with E-state index in [1.54, 1.807) is 6.08 Å². The van der Waals surface area contributed by atoms with Gasteiger partial charge in [-0.2, -0.15) is 0 Å². The van der Waals surface area contributed by atoms with Gasteiger partial charge in [0.05, 0.1) is 5.75 Å². The molecule has 0 fully saturated rings. The third kappa shape index (κ3) is 2.09. The minimum absolute atomic E-state index is 0.123. The van der Waals surface area contributed by atoms with Gasteiger partial charge in [-0.05, 0) is 18.1 Å². The molecule has 1 aliphatic carbocycles. The Hall–Kier alpha value is -1.36. The van der Waals surface area contributed by atoms with Crippen molar-refractivity contribution in [1.29, 1.82) is 0 Å². The first-order chi connectivity index (χ1) is 7.58. The number of carbonyl (C=O) groups is 1. The van der Waals surface area contributed by atoms with Gasteiger partial charge in [0.15, 0.2) is 0 Å². The topological polar surface area (TPSA) is 37.3 Å². The molecule has 16 heavy (non-hydrogen) atoms. The molecule has 0 aromatic heterocycles. The summed E-state index contributed by atoms with van der Waals surface area (Å²) < 4.78 is 26.4. The van der Waals surface area contributed by atoms with Crippen molar-refractivity contribution in [2.24, 2.45) is 0 Å². The smallest absolute Gasteiger partial charge is 0.313 e. The highest BCUT2D eigenvalue weighted by atomic mass is 32.2. The van der Waals surface area contributed by atoms with Crippen molar-refractivity contribution in [1.82, 2.24) is 0 Å². The van der Waals surface area contributed by atoms with E-state index in [0.29, 0.717) is 22.5 Å². The van der Waals surface area contributed by atoms with E-state index in [4.69, 9.17) is 5.11 Å². The first-order valence-electron chi connectivity index (χ1n) is 4.61. The van der Waals surface area contributed by atoms with Crippen LogP contribution < -0.4 is 0 Å². The van der Waals surface area contributed by atoms with E-state index in [0.717, 1.165) is 17.8 Å². The zero-order valence-corrected chi connectivity index (χ0v) is 8.98. The van der Waals surface area contributed by atoms with Crippen LogP contribution in [0, 0.1) is 11.6 Å².